The van der Waals surface area contributed by atoms with E-state index in [-0.39, 0.29) is 0 Å². The molecule has 0 radical (unpaired) electrons. The highest BCUT2D eigenvalue weighted by atomic mass is 32.1. The first-order valence-corrected chi connectivity index (χ1v) is 7.42. The van der Waals surface area contributed by atoms with Crippen molar-refractivity contribution in [1.29, 1.82) is 0 Å². The van der Waals surface area contributed by atoms with Gasteiger partial charge in [-0.25, -0.2) is 4.98 Å². The van der Waals surface area contributed by atoms with Crippen molar-refractivity contribution >= 4 is 11.3 Å². The molecule has 3 nitrogen and oxygen atoms in total. The minimum absolute atomic E-state index is 0.710. The highest BCUT2D eigenvalue weighted by Gasteiger charge is 2.13. The van der Waals surface area contributed by atoms with Crippen molar-refractivity contribution < 1.29 is 9.47 Å². The van der Waals surface area contributed by atoms with Gasteiger partial charge < -0.3 is 9.47 Å². The number of benzene rings is 2. The minimum atomic E-state index is 0.710. The SMILES string of the molecule is COc1ccc(-c2ncsc2-c2ccccc2)cc1OC. The molecule has 0 amide bonds. The molecule has 0 bridgehead atoms. The third-order valence-electron chi connectivity index (χ3n) is 3.26. The highest BCUT2D eigenvalue weighted by Crippen LogP contribution is 2.38. The lowest BCUT2D eigenvalue weighted by Crippen LogP contribution is -1.91. The Kier molecular flexibility index (Phi) is 3.88. The van der Waals surface area contributed by atoms with Gasteiger partial charge in [-0.05, 0) is 23.8 Å². The predicted molar refractivity (Wildman–Crippen MR) is 86.1 cm³/mol. The van der Waals surface area contributed by atoms with E-state index in [1.165, 1.54) is 5.56 Å². The van der Waals surface area contributed by atoms with E-state index in [9.17, 15) is 0 Å². The highest BCUT2D eigenvalue weighted by molar-refractivity contribution is 7.13. The van der Waals surface area contributed by atoms with E-state index in [0.717, 1.165) is 21.9 Å². The zero-order valence-corrected chi connectivity index (χ0v) is 12.7. The van der Waals surface area contributed by atoms with Crippen molar-refractivity contribution in [2.75, 3.05) is 14.2 Å². The molecule has 3 rings (SSSR count). The minimum Gasteiger partial charge on any atom is -0.493 e. The molecular formula is C17H15NO2S. The van der Waals surface area contributed by atoms with Crippen molar-refractivity contribution in [3.05, 3.63) is 54.0 Å². The van der Waals surface area contributed by atoms with Crippen molar-refractivity contribution in [3.8, 4) is 33.2 Å². The lowest BCUT2D eigenvalue weighted by molar-refractivity contribution is 0.355. The Balaban J connectivity index is 2.08. The van der Waals surface area contributed by atoms with Gasteiger partial charge in [-0.2, -0.15) is 0 Å². The van der Waals surface area contributed by atoms with Crippen molar-refractivity contribution in [3.63, 3.8) is 0 Å². The molecular weight excluding hydrogens is 282 g/mol. The fraction of sp³-hybridized carbons (Fsp3) is 0.118. The van der Waals surface area contributed by atoms with Gasteiger partial charge in [-0.1, -0.05) is 30.3 Å². The molecule has 0 atom stereocenters. The summed E-state index contributed by atoms with van der Waals surface area (Å²) in [5.41, 5.74) is 5.03. The lowest BCUT2D eigenvalue weighted by Gasteiger charge is -2.09. The van der Waals surface area contributed by atoms with E-state index >= 15 is 0 Å². The largest absolute Gasteiger partial charge is 0.493 e. The van der Waals surface area contributed by atoms with Crippen molar-refractivity contribution in [1.82, 2.24) is 4.98 Å². The van der Waals surface area contributed by atoms with Crippen molar-refractivity contribution in [2.45, 2.75) is 0 Å². The molecule has 0 aliphatic carbocycles. The third kappa shape index (κ3) is 2.62. The van der Waals surface area contributed by atoms with E-state index in [0.29, 0.717) is 5.75 Å². The Morgan fingerprint density at radius 1 is 0.857 bits per heavy atom. The van der Waals surface area contributed by atoms with Crippen LogP contribution in [0.15, 0.2) is 54.0 Å². The van der Waals surface area contributed by atoms with E-state index in [2.05, 4.69) is 17.1 Å². The summed E-state index contributed by atoms with van der Waals surface area (Å²) < 4.78 is 10.7. The van der Waals surface area contributed by atoms with E-state index in [1.54, 1.807) is 25.6 Å². The number of hydrogen-bond donors (Lipinski definition) is 0. The summed E-state index contributed by atoms with van der Waals surface area (Å²) in [6.07, 6.45) is 0. The molecule has 0 spiro atoms. The molecule has 1 heterocycles. The fourth-order valence-electron chi connectivity index (χ4n) is 2.23. The van der Waals surface area contributed by atoms with Crippen LogP contribution in [0.2, 0.25) is 0 Å². The number of ether oxygens (including phenoxy) is 2. The number of aromatic nitrogens is 1. The summed E-state index contributed by atoms with van der Waals surface area (Å²) in [5.74, 6) is 1.43. The number of hydrogen-bond acceptors (Lipinski definition) is 4. The van der Waals surface area contributed by atoms with Crippen LogP contribution >= 0.6 is 11.3 Å². The van der Waals surface area contributed by atoms with Crippen LogP contribution in [0.4, 0.5) is 0 Å². The molecule has 2 aromatic carbocycles. The Morgan fingerprint density at radius 2 is 1.62 bits per heavy atom. The van der Waals surface area contributed by atoms with Gasteiger partial charge in [0.15, 0.2) is 11.5 Å². The molecule has 0 aliphatic rings. The summed E-state index contributed by atoms with van der Waals surface area (Å²) in [5, 5.41) is 0. The van der Waals surface area contributed by atoms with Crippen LogP contribution in [0.3, 0.4) is 0 Å². The standard InChI is InChI=1S/C17H15NO2S/c1-19-14-9-8-13(10-15(14)20-2)16-17(21-11-18-16)12-6-4-3-5-7-12/h3-11H,1-2H3. The maximum atomic E-state index is 5.37. The molecule has 4 heteroatoms. The number of rotatable bonds is 4. The van der Waals surface area contributed by atoms with Gasteiger partial charge in [0.25, 0.3) is 0 Å². The first-order chi connectivity index (χ1) is 10.3. The van der Waals surface area contributed by atoms with Gasteiger partial charge in [-0.3, -0.25) is 0 Å². The van der Waals surface area contributed by atoms with Crippen LogP contribution in [0, 0.1) is 0 Å². The first kappa shape index (κ1) is 13.6. The monoisotopic (exact) mass is 297 g/mol. The Bertz CT molecular complexity index is 738. The zero-order chi connectivity index (χ0) is 14.7. The van der Waals surface area contributed by atoms with E-state index in [4.69, 9.17) is 9.47 Å². The zero-order valence-electron chi connectivity index (χ0n) is 11.9. The molecule has 21 heavy (non-hydrogen) atoms. The van der Waals surface area contributed by atoms with Crippen LogP contribution < -0.4 is 9.47 Å². The topological polar surface area (TPSA) is 31.4 Å². The Morgan fingerprint density at radius 3 is 2.33 bits per heavy atom. The normalized spacial score (nSPS) is 10.4. The number of methoxy groups -OCH3 is 2. The maximum absolute atomic E-state index is 5.37. The second kappa shape index (κ2) is 5.97. The molecule has 0 fully saturated rings. The van der Waals surface area contributed by atoms with Crippen LogP contribution in [0.5, 0.6) is 11.5 Å². The van der Waals surface area contributed by atoms with Crippen LogP contribution in [-0.4, -0.2) is 19.2 Å². The summed E-state index contributed by atoms with van der Waals surface area (Å²) in [7, 11) is 3.27. The molecule has 0 N–H and O–H groups in total. The lowest BCUT2D eigenvalue weighted by atomic mass is 10.1. The van der Waals surface area contributed by atoms with Crippen molar-refractivity contribution in [2.24, 2.45) is 0 Å². The van der Waals surface area contributed by atoms with E-state index in [1.807, 2.05) is 41.9 Å². The molecule has 0 unspecified atom stereocenters. The summed E-state index contributed by atoms with van der Waals surface area (Å²) >= 11 is 1.64. The summed E-state index contributed by atoms with van der Waals surface area (Å²) in [4.78, 5) is 5.67. The summed E-state index contributed by atoms with van der Waals surface area (Å²) in [6, 6.07) is 16.1. The third-order valence-corrected chi connectivity index (χ3v) is 4.14. The summed E-state index contributed by atoms with van der Waals surface area (Å²) in [6.45, 7) is 0. The molecule has 3 aromatic rings. The number of nitrogens with zero attached hydrogens (tertiary/aromatic N) is 1. The van der Waals surface area contributed by atoms with Gasteiger partial charge in [0, 0.05) is 5.56 Å². The van der Waals surface area contributed by atoms with Gasteiger partial charge in [0.1, 0.15) is 0 Å². The van der Waals surface area contributed by atoms with Gasteiger partial charge in [-0.15, -0.1) is 11.3 Å². The predicted octanol–water partition coefficient (Wildman–Crippen LogP) is 4.49. The van der Waals surface area contributed by atoms with Gasteiger partial charge >= 0.3 is 0 Å². The molecule has 0 saturated heterocycles. The fourth-order valence-corrected chi connectivity index (χ4v) is 3.05. The smallest absolute Gasteiger partial charge is 0.161 e. The molecule has 1 aromatic heterocycles. The average Bonchev–Trinajstić information content (AvgIpc) is 3.04. The van der Waals surface area contributed by atoms with Crippen LogP contribution in [0.25, 0.3) is 21.7 Å². The van der Waals surface area contributed by atoms with Crippen LogP contribution in [-0.2, 0) is 0 Å². The Labute approximate surface area is 127 Å². The second-order valence-corrected chi connectivity index (χ2v) is 5.32. The average molecular weight is 297 g/mol. The van der Waals surface area contributed by atoms with Gasteiger partial charge in [0.2, 0.25) is 0 Å². The first-order valence-electron chi connectivity index (χ1n) is 6.55. The molecule has 106 valence electrons. The molecule has 0 saturated carbocycles. The van der Waals surface area contributed by atoms with Gasteiger partial charge in [0.05, 0.1) is 30.3 Å². The van der Waals surface area contributed by atoms with Crippen LogP contribution in [0.1, 0.15) is 0 Å². The van der Waals surface area contributed by atoms with E-state index < -0.39 is 0 Å². The quantitative estimate of drug-likeness (QED) is 0.711. The molecule has 0 aliphatic heterocycles. The Hall–Kier alpha value is -2.33. The number of thiazole rings is 1. The second-order valence-electron chi connectivity index (χ2n) is 4.47. The maximum Gasteiger partial charge on any atom is 0.161 e.